The summed E-state index contributed by atoms with van der Waals surface area (Å²) in [6.07, 6.45) is 1.09. The minimum absolute atomic E-state index is 0.126. The van der Waals surface area contributed by atoms with Crippen LogP contribution in [0.5, 0.6) is 0 Å². The van der Waals surface area contributed by atoms with Gasteiger partial charge in [-0.3, -0.25) is 10.1 Å². The molecular weight excluding hydrogens is 204 g/mol. The highest BCUT2D eigenvalue weighted by Crippen LogP contribution is 2.19. The smallest absolute Gasteiger partial charge is 0.271 e. The molecule has 2 atom stereocenters. The van der Waals surface area contributed by atoms with Gasteiger partial charge in [0.25, 0.3) is 5.69 Å². The Hall–Kier alpha value is -1.58. The van der Waals surface area contributed by atoms with E-state index in [4.69, 9.17) is 0 Å². The molecule has 0 heterocycles. The van der Waals surface area contributed by atoms with Crippen LogP contribution >= 0.6 is 0 Å². The summed E-state index contributed by atoms with van der Waals surface area (Å²) in [6, 6.07) is 6.93. The molecule has 16 heavy (non-hydrogen) atoms. The van der Waals surface area contributed by atoms with Crippen molar-refractivity contribution in [3.63, 3.8) is 0 Å². The molecule has 1 aromatic rings. The molecule has 0 saturated carbocycles. The average Bonchev–Trinajstić information content (AvgIpc) is 2.28. The summed E-state index contributed by atoms with van der Waals surface area (Å²) in [5.74, 6) is 0.541. The fourth-order valence-corrected chi connectivity index (χ4v) is 1.47. The molecule has 0 bridgehead atoms. The number of non-ortho nitro benzene ring substituents is 1. The quantitative estimate of drug-likeness (QED) is 0.613. The third kappa shape index (κ3) is 3.22. The zero-order valence-electron chi connectivity index (χ0n) is 9.93. The first-order chi connectivity index (χ1) is 7.54. The summed E-state index contributed by atoms with van der Waals surface area (Å²) in [6.45, 7) is 6.39. The lowest BCUT2D eigenvalue weighted by Crippen LogP contribution is -2.23. The number of rotatable bonds is 5. The molecule has 4 nitrogen and oxygen atoms in total. The van der Waals surface area contributed by atoms with E-state index < -0.39 is 0 Å². The van der Waals surface area contributed by atoms with E-state index in [1.165, 1.54) is 6.07 Å². The van der Waals surface area contributed by atoms with Crippen LogP contribution in [0.15, 0.2) is 24.3 Å². The fourth-order valence-electron chi connectivity index (χ4n) is 1.47. The van der Waals surface area contributed by atoms with Gasteiger partial charge < -0.3 is 5.32 Å². The van der Waals surface area contributed by atoms with Crippen molar-refractivity contribution in [2.75, 3.05) is 5.32 Å². The number of nitro benzene ring substituents is 1. The summed E-state index contributed by atoms with van der Waals surface area (Å²) in [5.41, 5.74) is 0.934. The van der Waals surface area contributed by atoms with Crippen LogP contribution in [0.3, 0.4) is 0 Å². The SMILES string of the molecule is CCC(C)C(C)Nc1cccc([N+](=O)[O-])c1. The van der Waals surface area contributed by atoms with E-state index in [1.807, 2.05) is 6.07 Å². The van der Waals surface area contributed by atoms with E-state index in [9.17, 15) is 10.1 Å². The molecule has 0 aliphatic rings. The Kier molecular flexibility index (Phi) is 4.28. The number of nitrogens with zero attached hydrogens (tertiary/aromatic N) is 1. The number of nitro groups is 1. The minimum atomic E-state index is -0.376. The average molecular weight is 222 g/mol. The minimum Gasteiger partial charge on any atom is -0.382 e. The second kappa shape index (κ2) is 5.49. The number of hydrogen-bond donors (Lipinski definition) is 1. The Bertz CT molecular complexity index is 366. The van der Waals surface area contributed by atoms with Gasteiger partial charge in [-0.25, -0.2) is 0 Å². The van der Waals surface area contributed by atoms with Crippen LogP contribution in [-0.2, 0) is 0 Å². The lowest BCUT2D eigenvalue weighted by atomic mass is 10.0. The van der Waals surface area contributed by atoms with Crippen LogP contribution in [-0.4, -0.2) is 11.0 Å². The van der Waals surface area contributed by atoms with E-state index >= 15 is 0 Å². The summed E-state index contributed by atoms with van der Waals surface area (Å²) >= 11 is 0. The first-order valence-electron chi connectivity index (χ1n) is 5.55. The highest BCUT2D eigenvalue weighted by atomic mass is 16.6. The molecule has 1 aromatic carbocycles. The van der Waals surface area contributed by atoms with E-state index in [0.29, 0.717) is 12.0 Å². The van der Waals surface area contributed by atoms with Gasteiger partial charge in [0, 0.05) is 23.9 Å². The number of benzene rings is 1. The molecule has 0 amide bonds. The summed E-state index contributed by atoms with van der Waals surface area (Å²) in [7, 11) is 0. The molecule has 4 heteroatoms. The molecule has 88 valence electrons. The monoisotopic (exact) mass is 222 g/mol. The highest BCUT2D eigenvalue weighted by molar-refractivity contribution is 5.51. The molecule has 0 aliphatic heterocycles. The number of anilines is 1. The predicted octanol–water partition coefficient (Wildman–Crippen LogP) is 3.44. The molecular formula is C12H18N2O2. The maximum atomic E-state index is 10.6. The summed E-state index contributed by atoms with van der Waals surface area (Å²) in [4.78, 5) is 10.2. The third-order valence-corrected chi connectivity index (χ3v) is 2.95. The van der Waals surface area contributed by atoms with Crippen molar-refractivity contribution in [1.29, 1.82) is 0 Å². The van der Waals surface area contributed by atoms with E-state index in [0.717, 1.165) is 12.1 Å². The molecule has 2 unspecified atom stereocenters. The van der Waals surface area contributed by atoms with Gasteiger partial charge in [-0.2, -0.15) is 0 Å². The van der Waals surface area contributed by atoms with Gasteiger partial charge >= 0.3 is 0 Å². The topological polar surface area (TPSA) is 55.2 Å². The lowest BCUT2D eigenvalue weighted by molar-refractivity contribution is -0.384. The molecule has 1 N–H and O–H groups in total. The molecule has 0 saturated heterocycles. The fraction of sp³-hybridized carbons (Fsp3) is 0.500. The van der Waals surface area contributed by atoms with E-state index in [-0.39, 0.29) is 10.6 Å². The molecule has 0 spiro atoms. The molecule has 0 aliphatic carbocycles. The zero-order valence-corrected chi connectivity index (χ0v) is 9.93. The Labute approximate surface area is 95.8 Å². The zero-order chi connectivity index (χ0) is 12.1. The van der Waals surface area contributed by atoms with Crippen LogP contribution in [0.2, 0.25) is 0 Å². The summed E-state index contributed by atoms with van der Waals surface area (Å²) < 4.78 is 0. The Morgan fingerprint density at radius 2 is 2.12 bits per heavy atom. The Balaban J connectivity index is 2.74. The first-order valence-corrected chi connectivity index (χ1v) is 5.55. The standard InChI is InChI=1S/C12H18N2O2/c1-4-9(2)10(3)13-11-6-5-7-12(8-11)14(15)16/h5-10,13H,4H2,1-3H3. The normalized spacial score (nSPS) is 14.2. The van der Waals surface area contributed by atoms with E-state index in [2.05, 4.69) is 26.1 Å². The predicted molar refractivity (Wildman–Crippen MR) is 65.6 cm³/mol. The second-order valence-electron chi connectivity index (χ2n) is 4.13. The third-order valence-electron chi connectivity index (χ3n) is 2.95. The van der Waals surface area contributed by atoms with Gasteiger partial charge in [-0.15, -0.1) is 0 Å². The molecule has 0 aromatic heterocycles. The van der Waals surface area contributed by atoms with Crippen molar-refractivity contribution < 1.29 is 4.92 Å². The molecule has 1 rings (SSSR count). The Morgan fingerprint density at radius 3 is 2.69 bits per heavy atom. The number of nitrogens with one attached hydrogen (secondary N) is 1. The Morgan fingerprint density at radius 1 is 1.44 bits per heavy atom. The maximum Gasteiger partial charge on any atom is 0.271 e. The van der Waals surface area contributed by atoms with Crippen molar-refractivity contribution in [3.05, 3.63) is 34.4 Å². The lowest BCUT2D eigenvalue weighted by Gasteiger charge is -2.20. The van der Waals surface area contributed by atoms with Gasteiger partial charge in [0.15, 0.2) is 0 Å². The second-order valence-corrected chi connectivity index (χ2v) is 4.13. The van der Waals surface area contributed by atoms with Crippen LogP contribution in [0, 0.1) is 16.0 Å². The van der Waals surface area contributed by atoms with Crippen molar-refractivity contribution >= 4 is 11.4 Å². The van der Waals surface area contributed by atoms with E-state index in [1.54, 1.807) is 12.1 Å². The van der Waals surface area contributed by atoms with Gasteiger partial charge in [0.2, 0.25) is 0 Å². The molecule has 0 fully saturated rings. The van der Waals surface area contributed by atoms with Gasteiger partial charge in [-0.1, -0.05) is 26.3 Å². The first kappa shape index (κ1) is 12.5. The highest BCUT2D eigenvalue weighted by Gasteiger charge is 2.11. The largest absolute Gasteiger partial charge is 0.382 e. The van der Waals surface area contributed by atoms with Crippen LogP contribution in [0.1, 0.15) is 27.2 Å². The van der Waals surface area contributed by atoms with Crippen molar-refractivity contribution in [3.8, 4) is 0 Å². The summed E-state index contributed by atoms with van der Waals surface area (Å²) in [5, 5.41) is 13.9. The maximum absolute atomic E-state index is 10.6. The van der Waals surface area contributed by atoms with Crippen LogP contribution < -0.4 is 5.32 Å². The van der Waals surface area contributed by atoms with Crippen molar-refractivity contribution in [1.82, 2.24) is 0 Å². The van der Waals surface area contributed by atoms with Gasteiger partial charge in [0.05, 0.1) is 4.92 Å². The van der Waals surface area contributed by atoms with Crippen molar-refractivity contribution in [2.45, 2.75) is 33.2 Å². The number of hydrogen-bond acceptors (Lipinski definition) is 3. The van der Waals surface area contributed by atoms with Gasteiger partial charge in [0.1, 0.15) is 0 Å². The molecule has 0 radical (unpaired) electrons. The van der Waals surface area contributed by atoms with Crippen LogP contribution in [0.4, 0.5) is 11.4 Å². The van der Waals surface area contributed by atoms with Gasteiger partial charge in [-0.05, 0) is 18.9 Å². The van der Waals surface area contributed by atoms with Crippen LogP contribution in [0.25, 0.3) is 0 Å². The van der Waals surface area contributed by atoms with Crippen molar-refractivity contribution in [2.24, 2.45) is 5.92 Å².